The number of nitrogens with zero attached hydrogens (tertiary/aromatic N) is 3. The molecule has 2 aromatic carbocycles. The first-order valence-electron chi connectivity index (χ1n) is 10.9. The number of carboxylic acids is 1. The number of aliphatic carboxylic acids is 1. The average Bonchev–Trinajstić information content (AvgIpc) is 3.45. The maximum atomic E-state index is 14.1. The van der Waals surface area contributed by atoms with Gasteiger partial charge < -0.3 is 18.9 Å². The van der Waals surface area contributed by atoms with Crippen LogP contribution in [0.25, 0.3) is 34.0 Å². The number of benzene rings is 2. The van der Waals surface area contributed by atoms with Crippen LogP contribution in [0.5, 0.6) is 5.75 Å². The summed E-state index contributed by atoms with van der Waals surface area (Å²) in [5, 5.41) is 17.3. The van der Waals surface area contributed by atoms with Gasteiger partial charge in [-0.15, -0.1) is 0 Å². The van der Waals surface area contributed by atoms with E-state index in [-0.39, 0.29) is 18.3 Å². The zero-order valence-electron chi connectivity index (χ0n) is 18.0. The minimum Gasteiger partial charge on any atom is -0.488 e. The number of hydrogen-bond acceptors (Lipinski definition) is 7. The van der Waals surface area contributed by atoms with E-state index in [0.717, 1.165) is 16.7 Å². The van der Waals surface area contributed by atoms with Gasteiger partial charge in [-0.2, -0.15) is 0 Å². The molecule has 1 fully saturated rings. The second-order valence-corrected chi connectivity index (χ2v) is 8.53. The van der Waals surface area contributed by atoms with Crippen molar-refractivity contribution in [3.63, 3.8) is 0 Å². The van der Waals surface area contributed by atoms with E-state index < -0.39 is 12.6 Å². The van der Waals surface area contributed by atoms with Crippen molar-refractivity contribution in [2.75, 3.05) is 13.1 Å². The summed E-state index contributed by atoms with van der Waals surface area (Å²) in [6.45, 7) is 1.17. The first-order chi connectivity index (χ1) is 16.6. The van der Waals surface area contributed by atoms with Crippen LogP contribution in [0, 0.1) is 5.92 Å². The molecule has 0 radical (unpaired) electrons. The Morgan fingerprint density at radius 2 is 1.82 bits per heavy atom. The van der Waals surface area contributed by atoms with Gasteiger partial charge in [-0.25, -0.2) is 4.39 Å². The van der Waals surface area contributed by atoms with Gasteiger partial charge in [0, 0.05) is 25.2 Å². The molecule has 8 nitrogen and oxygen atoms in total. The van der Waals surface area contributed by atoms with E-state index >= 15 is 0 Å². The summed E-state index contributed by atoms with van der Waals surface area (Å²) in [5.74, 6) is 0.409. The summed E-state index contributed by atoms with van der Waals surface area (Å²) >= 11 is 0. The molecule has 0 spiro atoms. The van der Waals surface area contributed by atoms with Gasteiger partial charge in [0.15, 0.2) is 17.2 Å². The molecule has 0 aliphatic carbocycles. The second-order valence-electron chi connectivity index (χ2n) is 8.53. The van der Waals surface area contributed by atoms with Crippen LogP contribution >= 0.6 is 0 Å². The molecular formula is C25H20FN3O5. The van der Waals surface area contributed by atoms with Crippen LogP contribution in [0.2, 0.25) is 0 Å². The molecule has 2 aliphatic heterocycles. The van der Waals surface area contributed by atoms with Crippen LogP contribution in [-0.4, -0.2) is 39.4 Å². The zero-order chi connectivity index (χ0) is 23.2. The van der Waals surface area contributed by atoms with Gasteiger partial charge in [-0.1, -0.05) is 46.7 Å². The van der Waals surface area contributed by atoms with E-state index in [0.29, 0.717) is 53.7 Å². The molecule has 9 heteroatoms. The number of alkyl halides is 1. The van der Waals surface area contributed by atoms with Crippen LogP contribution in [-0.2, 0) is 24.6 Å². The van der Waals surface area contributed by atoms with Gasteiger partial charge in [0.2, 0.25) is 0 Å². The molecule has 0 atom stereocenters. The molecule has 0 saturated carbocycles. The van der Waals surface area contributed by atoms with Crippen LogP contribution in [0.3, 0.4) is 0 Å². The highest BCUT2D eigenvalue weighted by atomic mass is 19.1. The second kappa shape index (κ2) is 8.11. The lowest BCUT2D eigenvalue weighted by Crippen LogP contribution is -2.49. The van der Waals surface area contributed by atoms with Crippen molar-refractivity contribution < 1.29 is 28.1 Å². The SMILES string of the molecule is O=C(O)C1CN(Cc2ccc3c(c2)OCc2c(-c4onc(-c5ccccc5)c4CF)noc2-3)C1. The van der Waals surface area contributed by atoms with Gasteiger partial charge in [-0.05, 0) is 17.7 Å². The van der Waals surface area contributed by atoms with Crippen LogP contribution in [0.15, 0.2) is 57.6 Å². The zero-order valence-corrected chi connectivity index (χ0v) is 18.0. The minimum absolute atomic E-state index is 0.197. The maximum Gasteiger partial charge on any atom is 0.309 e. The molecule has 1 N–H and O–H groups in total. The van der Waals surface area contributed by atoms with Gasteiger partial charge in [0.1, 0.15) is 24.7 Å². The summed E-state index contributed by atoms with van der Waals surface area (Å²) in [7, 11) is 0. The molecule has 2 aliphatic rings. The molecule has 2 aromatic heterocycles. The molecule has 4 heterocycles. The number of fused-ring (bicyclic) bond motifs is 3. The predicted octanol–water partition coefficient (Wildman–Crippen LogP) is 4.54. The van der Waals surface area contributed by atoms with Crippen molar-refractivity contribution in [2.24, 2.45) is 5.92 Å². The quantitative estimate of drug-likeness (QED) is 0.447. The van der Waals surface area contributed by atoms with Crippen molar-refractivity contribution >= 4 is 5.97 Å². The maximum absolute atomic E-state index is 14.1. The number of carbonyl (C=O) groups is 1. The standard InChI is InChI=1S/C25H20FN3O5/c26-9-18-21(15-4-2-1-3-5-15)27-34-24(18)22-19-13-32-20-8-14(6-7-17(20)23(19)33-28-22)10-29-11-16(12-29)25(30)31/h1-8,16H,9-13H2,(H,30,31). The predicted molar refractivity (Wildman–Crippen MR) is 118 cm³/mol. The van der Waals surface area contributed by atoms with Gasteiger partial charge in [-0.3, -0.25) is 9.69 Å². The van der Waals surface area contributed by atoms with E-state index in [1.165, 1.54) is 0 Å². The number of hydrogen-bond donors (Lipinski definition) is 1. The Labute approximate surface area is 193 Å². The summed E-state index contributed by atoms with van der Waals surface area (Å²) in [6, 6.07) is 15.1. The Balaban J connectivity index is 1.29. The van der Waals surface area contributed by atoms with Crippen molar-refractivity contribution in [1.29, 1.82) is 0 Å². The fraction of sp³-hybridized carbons (Fsp3) is 0.240. The topological polar surface area (TPSA) is 102 Å². The van der Waals surface area contributed by atoms with Crippen molar-refractivity contribution in [3.8, 4) is 39.8 Å². The third-order valence-corrected chi connectivity index (χ3v) is 6.35. The molecule has 34 heavy (non-hydrogen) atoms. The summed E-state index contributed by atoms with van der Waals surface area (Å²) in [4.78, 5) is 13.1. The van der Waals surface area contributed by atoms with E-state index in [4.69, 9.17) is 18.9 Å². The summed E-state index contributed by atoms with van der Waals surface area (Å²) < 4.78 is 31.2. The van der Waals surface area contributed by atoms with Crippen LogP contribution in [0.1, 0.15) is 16.7 Å². The molecule has 6 rings (SSSR count). The average molecular weight is 461 g/mol. The molecular weight excluding hydrogens is 441 g/mol. The highest BCUT2D eigenvalue weighted by Crippen LogP contribution is 2.44. The highest BCUT2D eigenvalue weighted by molar-refractivity contribution is 5.79. The lowest BCUT2D eigenvalue weighted by Gasteiger charge is -2.36. The van der Waals surface area contributed by atoms with Gasteiger partial charge in [0.25, 0.3) is 0 Å². The normalized spacial score (nSPS) is 15.3. The summed E-state index contributed by atoms with van der Waals surface area (Å²) in [6.07, 6.45) is 0. The Bertz CT molecular complexity index is 1370. The highest BCUT2D eigenvalue weighted by Gasteiger charge is 2.33. The molecule has 4 aromatic rings. The van der Waals surface area contributed by atoms with E-state index in [1.807, 2.05) is 48.5 Å². The number of halogens is 1. The third kappa shape index (κ3) is 3.36. The fourth-order valence-corrected chi connectivity index (χ4v) is 4.51. The van der Waals surface area contributed by atoms with Crippen LogP contribution < -0.4 is 4.74 Å². The third-order valence-electron chi connectivity index (χ3n) is 6.35. The van der Waals surface area contributed by atoms with Crippen molar-refractivity contribution in [2.45, 2.75) is 19.8 Å². The smallest absolute Gasteiger partial charge is 0.309 e. The number of likely N-dealkylation sites (tertiary alicyclic amines) is 1. The largest absolute Gasteiger partial charge is 0.488 e. The number of carboxylic acid groups (broad SMARTS) is 1. The van der Waals surface area contributed by atoms with E-state index in [1.54, 1.807) is 0 Å². The molecule has 0 bridgehead atoms. The Morgan fingerprint density at radius 1 is 1.06 bits per heavy atom. The minimum atomic E-state index is -0.759. The fourth-order valence-electron chi connectivity index (χ4n) is 4.51. The van der Waals surface area contributed by atoms with E-state index in [2.05, 4.69) is 15.2 Å². The van der Waals surface area contributed by atoms with Crippen LogP contribution in [0.4, 0.5) is 4.39 Å². The molecule has 1 saturated heterocycles. The summed E-state index contributed by atoms with van der Waals surface area (Å²) in [5.41, 5.74) is 4.35. The lowest BCUT2D eigenvalue weighted by molar-refractivity contribution is -0.147. The molecule has 172 valence electrons. The van der Waals surface area contributed by atoms with Gasteiger partial charge >= 0.3 is 5.97 Å². The van der Waals surface area contributed by atoms with Gasteiger partial charge in [0.05, 0.1) is 22.6 Å². The van der Waals surface area contributed by atoms with Crippen molar-refractivity contribution in [3.05, 3.63) is 65.2 Å². The Morgan fingerprint density at radius 3 is 2.59 bits per heavy atom. The Hall–Kier alpha value is -3.98. The first-order valence-corrected chi connectivity index (χ1v) is 10.9. The Kier molecular flexibility index (Phi) is 4.91. The van der Waals surface area contributed by atoms with E-state index in [9.17, 15) is 9.18 Å². The number of aromatic nitrogens is 2. The number of rotatable bonds is 6. The monoisotopic (exact) mass is 461 g/mol. The first kappa shape index (κ1) is 20.6. The lowest BCUT2D eigenvalue weighted by atomic mass is 9.97. The van der Waals surface area contributed by atoms with Crippen molar-refractivity contribution in [1.82, 2.24) is 15.2 Å². The number of ether oxygens (including phenoxy) is 1. The molecule has 0 amide bonds. The molecule has 0 unspecified atom stereocenters.